The van der Waals surface area contributed by atoms with E-state index in [2.05, 4.69) is 9.97 Å². The van der Waals surface area contributed by atoms with Gasteiger partial charge >= 0.3 is 6.01 Å². The van der Waals surface area contributed by atoms with Gasteiger partial charge in [0.15, 0.2) is 0 Å². The van der Waals surface area contributed by atoms with Crippen LogP contribution in [0.3, 0.4) is 0 Å². The van der Waals surface area contributed by atoms with E-state index in [4.69, 9.17) is 10.5 Å². The topological polar surface area (TPSA) is 61.0 Å². The molecule has 0 spiro atoms. The van der Waals surface area contributed by atoms with Crippen molar-refractivity contribution in [2.45, 2.75) is 20.4 Å². The lowest BCUT2D eigenvalue weighted by Gasteiger charge is -2.06. The van der Waals surface area contributed by atoms with Gasteiger partial charge in [0.05, 0.1) is 5.69 Å². The van der Waals surface area contributed by atoms with Gasteiger partial charge in [-0.05, 0) is 37.6 Å². The highest BCUT2D eigenvalue weighted by atomic mass is 16.5. The minimum absolute atomic E-state index is 0.344. The van der Waals surface area contributed by atoms with Crippen molar-refractivity contribution >= 4 is 0 Å². The maximum absolute atomic E-state index is 5.60. The van der Waals surface area contributed by atoms with Crippen molar-refractivity contribution < 1.29 is 4.74 Å². The second kappa shape index (κ2) is 4.93. The van der Waals surface area contributed by atoms with Crippen LogP contribution in [-0.2, 0) is 6.54 Å². The molecule has 0 bridgehead atoms. The van der Waals surface area contributed by atoms with Gasteiger partial charge in [0.25, 0.3) is 0 Å². The molecular formula is C13H15N3O. The van der Waals surface area contributed by atoms with E-state index in [1.54, 1.807) is 0 Å². The fourth-order valence-electron chi connectivity index (χ4n) is 1.54. The predicted octanol–water partition coefficient (Wildman–Crippen LogP) is 2.34. The van der Waals surface area contributed by atoms with Crippen LogP contribution in [0.15, 0.2) is 30.3 Å². The molecule has 2 N–H and O–H groups in total. The first kappa shape index (κ1) is 11.5. The zero-order valence-electron chi connectivity index (χ0n) is 9.97. The number of nitrogens with two attached hydrogens (primary N) is 1. The van der Waals surface area contributed by atoms with Crippen LogP contribution in [0.2, 0.25) is 0 Å². The first-order valence-electron chi connectivity index (χ1n) is 5.46. The first-order chi connectivity index (χ1) is 8.17. The normalized spacial score (nSPS) is 10.3. The van der Waals surface area contributed by atoms with Gasteiger partial charge in [-0.2, -0.15) is 4.98 Å². The molecule has 0 radical (unpaired) electrons. The fraction of sp³-hybridized carbons (Fsp3) is 0.231. The molecule has 2 rings (SSSR count). The molecule has 4 heteroatoms. The second-order valence-electron chi connectivity index (χ2n) is 3.91. The lowest BCUT2D eigenvalue weighted by atomic mass is 10.2. The Balaban J connectivity index is 2.26. The van der Waals surface area contributed by atoms with Crippen molar-refractivity contribution in [2.75, 3.05) is 0 Å². The van der Waals surface area contributed by atoms with Crippen molar-refractivity contribution in [3.05, 3.63) is 47.3 Å². The summed E-state index contributed by atoms with van der Waals surface area (Å²) >= 11 is 0. The van der Waals surface area contributed by atoms with Crippen LogP contribution in [0.25, 0.3) is 0 Å². The van der Waals surface area contributed by atoms with Crippen molar-refractivity contribution in [3.63, 3.8) is 0 Å². The van der Waals surface area contributed by atoms with E-state index in [0.29, 0.717) is 12.6 Å². The summed E-state index contributed by atoms with van der Waals surface area (Å²) in [4.78, 5) is 8.44. The molecule has 0 saturated carbocycles. The Hall–Kier alpha value is -1.94. The van der Waals surface area contributed by atoms with E-state index in [0.717, 1.165) is 22.7 Å². The van der Waals surface area contributed by atoms with E-state index < -0.39 is 0 Å². The Bertz CT molecular complexity index is 526. The quantitative estimate of drug-likeness (QED) is 0.877. The third-order valence-electron chi connectivity index (χ3n) is 2.29. The summed E-state index contributed by atoms with van der Waals surface area (Å²) in [6, 6.07) is 9.95. The van der Waals surface area contributed by atoms with Crippen LogP contribution in [0.1, 0.15) is 17.0 Å². The molecule has 88 valence electrons. The van der Waals surface area contributed by atoms with Crippen molar-refractivity contribution in [1.29, 1.82) is 0 Å². The summed E-state index contributed by atoms with van der Waals surface area (Å²) in [6.45, 7) is 4.28. The van der Waals surface area contributed by atoms with Crippen LogP contribution < -0.4 is 10.5 Å². The molecule has 2 aromatic rings. The van der Waals surface area contributed by atoms with Gasteiger partial charge in [-0.15, -0.1) is 0 Å². The minimum Gasteiger partial charge on any atom is -0.424 e. The standard InChI is InChI=1S/C13H15N3O/c1-9-4-3-5-12(6-9)17-13-15-10(2)7-11(8-14)16-13/h3-7H,8,14H2,1-2H3. The average molecular weight is 229 g/mol. The average Bonchev–Trinajstić information content (AvgIpc) is 2.28. The van der Waals surface area contributed by atoms with Gasteiger partial charge in [0.1, 0.15) is 5.75 Å². The van der Waals surface area contributed by atoms with Crippen LogP contribution >= 0.6 is 0 Å². The predicted molar refractivity (Wildman–Crippen MR) is 65.9 cm³/mol. The van der Waals surface area contributed by atoms with Gasteiger partial charge in [0, 0.05) is 12.2 Å². The molecule has 0 saturated heterocycles. The summed E-state index contributed by atoms with van der Waals surface area (Å²) in [5.74, 6) is 0.735. The maximum atomic E-state index is 5.60. The largest absolute Gasteiger partial charge is 0.424 e. The Labute approximate surface area is 100 Å². The van der Waals surface area contributed by atoms with Gasteiger partial charge < -0.3 is 10.5 Å². The highest BCUT2D eigenvalue weighted by molar-refractivity contribution is 5.29. The lowest BCUT2D eigenvalue weighted by Crippen LogP contribution is -2.03. The van der Waals surface area contributed by atoms with Crippen molar-refractivity contribution in [3.8, 4) is 11.8 Å². The Morgan fingerprint density at radius 3 is 2.71 bits per heavy atom. The highest BCUT2D eigenvalue weighted by Crippen LogP contribution is 2.19. The number of aromatic nitrogens is 2. The van der Waals surface area contributed by atoms with Gasteiger partial charge in [-0.3, -0.25) is 0 Å². The highest BCUT2D eigenvalue weighted by Gasteiger charge is 2.03. The first-order valence-corrected chi connectivity index (χ1v) is 5.46. The number of hydrogen-bond donors (Lipinski definition) is 1. The second-order valence-corrected chi connectivity index (χ2v) is 3.91. The summed E-state index contributed by atoms with van der Waals surface area (Å²) in [5.41, 5.74) is 8.32. The van der Waals surface area contributed by atoms with Crippen LogP contribution in [-0.4, -0.2) is 9.97 Å². The van der Waals surface area contributed by atoms with Gasteiger partial charge in [0.2, 0.25) is 0 Å². The number of benzene rings is 1. The summed E-state index contributed by atoms with van der Waals surface area (Å²) < 4.78 is 5.60. The molecule has 17 heavy (non-hydrogen) atoms. The Morgan fingerprint density at radius 1 is 1.18 bits per heavy atom. The number of nitrogens with zero attached hydrogens (tertiary/aromatic N) is 2. The lowest BCUT2D eigenvalue weighted by molar-refractivity contribution is 0.437. The van der Waals surface area contributed by atoms with Gasteiger partial charge in [-0.1, -0.05) is 12.1 Å². The maximum Gasteiger partial charge on any atom is 0.322 e. The monoisotopic (exact) mass is 229 g/mol. The van der Waals surface area contributed by atoms with Gasteiger partial charge in [-0.25, -0.2) is 4.98 Å². The van der Waals surface area contributed by atoms with E-state index in [1.807, 2.05) is 44.2 Å². The summed E-state index contributed by atoms with van der Waals surface area (Å²) in [5, 5.41) is 0. The van der Waals surface area contributed by atoms with E-state index in [-0.39, 0.29) is 0 Å². The van der Waals surface area contributed by atoms with E-state index in [9.17, 15) is 0 Å². The third kappa shape index (κ3) is 3.01. The SMILES string of the molecule is Cc1cccc(Oc2nc(C)cc(CN)n2)c1. The molecule has 0 aliphatic heterocycles. The summed E-state index contributed by atoms with van der Waals surface area (Å²) in [6.07, 6.45) is 0. The number of ether oxygens (including phenoxy) is 1. The molecule has 0 atom stereocenters. The fourth-order valence-corrected chi connectivity index (χ4v) is 1.54. The van der Waals surface area contributed by atoms with Crippen LogP contribution in [0.5, 0.6) is 11.8 Å². The molecule has 0 amide bonds. The molecule has 0 aliphatic rings. The molecule has 0 fully saturated rings. The van der Waals surface area contributed by atoms with Crippen LogP contribution in [0, 0.1) is 13.8 Å². The molecule has 1 aromatic heterocycles. The molecular weight excluding hydrogens is 214 g/mol. The molecule has 0 aliphatic carbocycles. The molecule has 1 aromatic carbocycles. The molecule has 0 unspecified atom stereocenters. The summed E-state index contributed by atoms with van der Waals surface area (Å²) in [7, 11) is 0. The van der Waals surface area contributed by atoms with Crippen LogP contribution in [0.4, 0.5) is 0 Å². The van der Waals surface area contributed by atoms with Crippen molar-refractivity contribution in [1.82, 2.24) is 9.97 Å². The smallest absolute Gasteiger partial charge is 0.322 e. The minimum atomic E-state index is 0.344. The zero-order valence-corrected chi connectivity index (χ0v) is 9.97. The number of hydrogen-bond acceptors (Lipinski definition) is 4. The zero-order chi connectivity index (χ0) is 12.3. The Morgan fingerprint density at radius 2 is 2.00 bits per heavy atom. The van der Waals surface area contributed by atoms with E-state index in [1.165, 1.54) is 0 Å². The molecule has 4 nitrogen and oxygen atoms in total. The number of rotatable bonds is 3. The third-order valence-corrected chi connectivity index (χ3v) is 2.29. The van der Waals surface area contributed by atoms with E-state index >= 15 is 0 Å². The van der Waals surface area contributed by atoms with Crippen molar-refractivity contribution in [2.24, 2.45) is 5.73 Å². The molecule has 1 heterocycles. The number of aryl methyl sites for hydroxylation is 2. The Kier molecular flexibility index (Phi) is 3.35.